The molecular formula is C29H54N6O6. The van der Waals surface area contributed by atoms with Gasteiger partial charge in [0.25, 0.3) is 0 Å². The Morgan fingerprint density at radius 2 is 0.780 bits per heavy atom. The van der Waals surface area contributed by atoms with Crippen LogP contribution in [0, 0.1) is 0 Å². The molecule has 0 rings (SSSR count). The average molecular weight is 583 g/mol. The molecule has 0 fully saturated rings. The van der Waals surface area contributed by atoms with Crippen LogP contribution in [-0.2, 0) is 28.8 Å². The lowest BCUT2D eigenvalue weighted by atomic mass is 10.1. The molecule has 0 saturated carbocycles. The van der Waals surface area contributed by atoms with E-state index in [9.17, 15) is 28.8 Å². The zero-order valence-electron chi connectivity index (χ0n) is 27.2. The highest BCUT2D eigenvalue weighted by molar-refractivity contribution is 5.84. The van der Waals surface area contributed by atoms with Gasteiger partial charge in [0.2, 0.25) is 23.6 Å². The smallest absolute Gasteiger partial charge is 0.222 e. The first-order valence-corrected chi connectivity index (χ1v) is 14.2. The van der Waals surface area contributed by atoms with Gasteiger partial charge in [-0.15, -0.1) is 0 Å². The van der Waals surface area contributed by atoms with Crippen molar-refractivity contribution in [3.63, 3.8) is 0 Å². The van der Waals surface area contributed by atoms with Crippen molar-refractivity contribution in [1.82, 2.24) is 29.4 Å². The van der Waals surface area contributed by atoms with Gasteiger partial charge in [0.1, 0.15) is 11.6 Å². The number of carbonyl (C=O) groups excluding carboxylic acids is 6. The lowest BCUT2D eigenvalue weighted by molar-refractivity contribution is -0.137. The first kappa shape index (κ1) is 38.1. The zero-order valence-corrected chi connectivity index (χ0v) is 27.2. The second-order valence-electron chi connectivity index (χ2n) is 11.6. The molecule has 0 saturated heterocycles. The maximum atomic E-state index is 12.7. The van der Waals surface area contributed by atoms with E-state index < -0.39 is 0 Å². The molecule has 41 heavy (non-hydrogen) atoms. The Labute approximate surface area is 246 Å². The molecule has 0 aliphatic carbocycles. The van der Waals surface area contributed by atoms with Crippen molar-refractivity contribution in [3.8, 4) is 0 Å². The summed E-state index contributed by atoms with van der Waals surface area (Å²) in [4.78, 5) is 83.6. The summed E-state index contributed by atoms with van der Waals surface area (Å²) in [7, 11) is 13.9. The molecule has 0 aromatic carbocycles. The van der Waals surface area contributed by atoms with Gasteiger partial charge in [-0.05, 0) is 61.8 Å². The Balaban J connectivity index is 4.55. The van der Waals surface area contributed by atoms with E-state index in [0.29, 0.717) is 32.5 Å². The summed E-state index contributed by atoms with van der Waals surface area (Å²) in [5.74, 6) is -0.479. The molecule has 12 heteroatoms. The number of likely N-dealkylation sites (N-methyl/N-ethyl adjacent to an activating group) is 6. The predicted octanol–water partition coefficient (Wildman–Crippen LogP) is 0.588. The molecule has 0 radical (unpaired) electrons. The van der Waals surface area contributed by atoms with E-state index in [1.165, 1.54) is 23.6 Å². The molecule has 0 spiro atoms. The number of ketones is 2. The lowest BCUT2D eigenvalue weighted by Gasteiger charge is -2.29. The molecule has 236 valence electrons. The fourth-order valence-electron chi connectivity index (χ4n) is 4.43. The lowest BCUT2D eigenvalue weighted by Crippen LogP contribution is -2.45. The van der Waals surface area contributed by atoms with Gasteiger partial charge in [0.15, 0.2) is 0 Å². The Morgan fingerprint density at radius 1 is 0.488 bits per heavy atom. The maximum Gasteiger partial charge on any atom is 0.222 e. The van der Waals surface area contributed by atoms with Gasteiger partial charge in [-0.2, -0.15) is 0 Å². The van der Waals surface area contributed by atoms with Crippen molar-refractivity contribution in [2.45, 2.75) is 77.4 Å². The van der Waals surface area contributed by atoms with E-state index in [1.54, 1.807) is 76.0 Å². The first-order chi connectivity index (χ1) is 18.9. The number of amides is 4. The SMILES string of the molecule is CC(=O)C(CN(C)C(=O)CCCC(=O)N(C)CC(C)N(C)C(=O)CCCC(=O)N(C)CC(C(C)=O)N(C)C)N(C)C. The van der Waals surface area contributed by atoms with Gasteiger partial charge in [0, 0.05) is 79.6 Å². The number of rotatable bonds is 19. The summed E-state index contributed by atoms with van der Waals surface area (Å²) < 4.78 is 0. The molecular weight excluding hydrogens is 528 g/mol. The molecule has 0 aliphatic heterocycles. The standard InChI is InChI=1S/C29H54N6O6/c1-21(35(11)29(41)17-13-16-28(40)34(10)20-25(23(3)37)31(6)7)18-32(8)26(38)14-12-15-27(39)33(9)19-24(22(2)36)30(4)5/h21,24-25H,12-20H2,1-11H3. The van der Waals surface area contributed by atoms with E-state index in [0.717, 1.165) is 0 Å². The van der Waals surface area contributed by atoms with E-state index in [1.807, 2.05) is 6.92 Å². The fraction of sp³-hybridized carbons (Fsp3) is 0.793. The van der Waals surface area contributed by atoms with Crippen LogP contribution >= 0.6 is 0 Å². The Bertz CT molecular complexity index is 908. The van der Waals surface area contributed by atoms with E-state index in [-0.39, 0.29) is 79.0 Å². The summed E-state index contributed by atoms with van der Waals surface area (Å²) in [5.41, 5.74) is 0. The van der Waals surface area contributed by atoms with Gasteiger partial charge in [-0.25, -0.2) is 0 Å². The third-order valence-electron chi connectivity index (χ3n) is 7.51. The van der Waals surface area contributed by atoms with Crippen LogP contribution in [0.25, 0.3) is 0 Å². The Morgan fingerprint density at radius 3 is 1.07 bits per heavy atom. The number of hydrogen-bond donors (Lipinski definition) is 0. The van der Waals surface area contributed by atoms with Crippen LogP contribution in [0.5, 0.6) is 0 Å². The monoisotopic (exact) mass is 582 g/mol. The molecule has 3 unspecified atom stereocenters. The highest BCUT2D eigenvalue weighted by atomic mass is 16.2. The summed E-state index contributed by atoms with van der Waals surface area (Å²) in [6.45, 7) is 5.81. The third-order valence-corrected chi connectivity index (χ3v) is 7.51. The highest BCUT2D eigenvalue weighted by Crippen LogP contribution is 2.10. The molecule has 0 heterocycles. The van der Waals surface area contributed by atoms with Gasteiger partial charge >= 0.3 is 0 Å². The van der Waals surface area contributed by atoms with Gasteiger partial charge in [-0.1, -0.05) is 0 Å². The minimum Gasteiger partial charge on any atom is -0.344 e. The molecule has 12 nitrogen and oxygen atoms in total. The van der Waals surface area contributed by atoms with E-state index in [2.05, 4.69) is 0 Å². The van der Waals surface area contributed by atoms with Gasteiger partial charge < -0.3 is 19.6 Å². The molecule has 4 amide bonds. The van der Waals surface area contributed by atoms with E-state index in [4.69, 9.17) is 0 Å². The van der Waals surface area contributed by atoms with E-state index >= 15 is 0 Å². The summed E-state index contributed by atoms with van der Waals surface area (Å²) >= 11 is 0. The van der Waals surface area contributed by atoms with Crippen molar-refractivity contribution < 1.29 is 28.8 Å². The maximum absolute atomic E-state index is 12.7. The van der Waals surface area contributed by atoms with Crippen LogP contribution in [-0.4, -0.2) is 159 Å². The highest BCUT2D eigenvalue weighted by Gasteiger charge is 2.24. The molecule has 0 aromatic heterocycles. The van der Waals surface area contributed by atoms with Crippen LogP contribution in [0.2, 0.25) is 0 Å². The normalized spacial score (nSPS) is 13.4. The summed E-state index contributed by atoms with van der Waals surface area (Å²) in [6, 6.07) is -0.963. The molecule has 0 aliphatic rings. The third kappa shape index (κ3) is 14.0. The predicted molar refractivity (Wildman–Crippen MR) is 159 cm³/mol. The van der Waals surface area contributed by atoms with Crippen LogP contribution in [0.3, 0.4) is 0 Å². The van der Waals surface area contributed by atoms with Crippen molar-refractivity contribution in [2.75, 3.05) is 76.0 Å². The van der Waals surface area contributed by atoms with Crippen LogP contribution < -0.4 is 0 Å². The zero-order chi connectivity index (χ0) is 32.0. The van der Waals surface area contributed by atoms with Crippen molar-refractivity contribution >= 4 is 35.2 Å². The van der Waals surface area contributed by atoms with Crippen LogP contribution in [0.4, 0.5) is 0 Å². The van der Waals surface area contributed by atoms with Crippen LogP contribution in [0.1, 0.15) is 59.3 Å². The van der Waals surface area contributed by atoms with Gasteiger partial charge in [-0.3, -0.25) is 38.6 Å². The molecule has 0 bridgehead atoms. The molecule has 3 atom stereocenters. The number of hydrogen-bond acceptors (Lipinski definition) is 8. The van der Waals surface area contributed by atoms with Crippen molar-refractivity contribution in [1.29, 1.82) is 0 Å². The Hall–Kier alpha value is -2.86. The second kappa shape index (κ2) is 18.5. The second-order valence-corrected chi connectivity index (χ2v) is 11.6. The molecule has 0 aromatic rings. The number of carbonyl (C=O) groups is 6. The van der Waals surface area contributed by atoms with Crippen molar-refractivity contribution in [3.05, 3.63) is 0 Å². The number of nitrogens with zero attached hydrogens (tertiary/aromatic N) is 6. The topological polar surface area (TPSA) is 122 Å². The average Bonchev–Trinajstić information content (AvgIpc) is 2.87. The van der Waals surface area contributed by atoms with Crippen LogP contribution in [0.15, 0.2) is 0 Å². The van der Waals surface area contributed by atoms with Gasteiger partial charge in [0.05, 0.1) is 12.1 Å². The quantitative estimate of drug-likeness (QED) is 0.217. The Kier molecular flexibility index (Phi) is 17.3. The molecule has 0 N–H and O–H groups in total. The largest absolute Gasteiger partial charge is 0.344 e. The minimum absolute atomic E-state index is 0.00966. The van der Waals surface area contributed by atoms with Crippen molar-refractivity contribution in [2.24, 2.45) is 0 Å². The number of Topliss-reactive ketones (excluding diaryl/α,β-unsaturated/α-hetero) is 2. The first-order valence-electron chi connectivity index (χ1n) is 14.2. The minimum atomic E-state index is -0.368. The summed E-state index contributed by atoms with van der Waals surface area (Å²) in [6.07, 6.45) is 1.62. The summed E-state index contributed by atoms with van der Waals surface area (Å²) in [5, 5.41) is 0. The fourth-order valence-corrected chi connectivity index (χ4v) is 4.43.